The minimum absolute atomic E-state index is 0.114. The Morgan fingerprint density at radius 2 is 2.00 bits per heavy atom. The zero-order valence-corrected chi connectivity index (χ0v) is 15.5. The molecule has 0 N–H and O–H groups in total. The highest BCUT2D eigenvalue weighted by Crippen LogP contribution is 2.30. The fourth-order valence-electron chi connectivity index (χ4n) is 3.03. The van der Waals surface area contributed by atoms with E-state index < -0.39 is 0 Å². The third kappa shape index (κ3) is 3.37. The summed E-state index contributed by atoms with van der Waals surface area (Å²) < 4.78 is 5.81. The molecule has 1 amide bonds. The molecule has 0 atom stereocenters. The number of aryl methyl sites for hydroxylation is 2. The van der Waals surface area contributed by atoms with Crippen LogP contribution in [0.1, 0.15) is 45.6 Å². The highest BCUT2D eigenvalue weighted by atomic mass is 32.1. The summed E-state index contributed by atoms with van der Waals surface area (Å²) in [6.45, 7) is 5.28. The van der Waals surface area contributed by atoms with Gasteiger partial charge < -0.3 is 9.32 Å². The molecule has 134 valence electrons. The number of piperidine rings is 1. The van der Waals surface area contributed by atoms with Crippen molar-refractivity contribution in [2.45, 2.75) is 32.6 Å². The van der Waals surface area contributed by atoms with E-state index in [2.05, 4.69) is 20.2 Å². The first-order valence-corrected chi connectivity index (χ1v) is 9.45. The highest BCUT2D eigenvalue weighted by molar-refractivity contribution is 7.12. The van der Waals surface area contributed by atoms with E-state index in [-0.39, 0.29) is 11.8 Å². The lowest BCUT2D eigenvalue weighted by Gasteiger charge is -2.30. The first kappa shape index (κ1) is 16.8. The SMILES string of the molecule is Cc1csc(C(=O)N2CCC(c3nnc(-c4cnc(C)cn4)o3)CC2)c1. The molecule has 0 saturated carbocycles. The minimum Gasteiger partial charge on any atom is -0.419 e. The number of thiophene rings is 1. The maximum absolute atomic E-state index is 12.5. The molecule has 1 aliphatic rings. The van der Waals surface area contributed by atoms with Gasteiger partial charge in [-0.2, -0.15) is 0 Å². The summed E-state index contributed by atoms with van der Waals surface area (Å²) in [7, 11) is 0. The quantitative estimate of drug-likeness (QED) is 0.705. The third-order valence-corrected chi connectivity index (χ3v) is 5.55. The Kier molecular flexibility index (Phi) is 4.50. The van der Waals surface area contributed by atoms with Gasteiger partial charge in [-0.1, -0.05) is 0 Å². The molecule has 1 aliphatic heterocycles. The monoisotopic (exact) mass is 369 g/mol. The number of amides is 1. The van der Waals surface area contributed by atoms with Crippen LogP contribution in [0, 0.1) is 13.8 Å². The molecule has 3 aromatic rings. The summed E-state index contributed by atoms with van der Waals surface area (Å²) in [6.07, 6.45) is 4.95. The van der Waals surface area contributed by atoms with Crippen LogP contribution in [-0.2, 0) is 0 Å². The molecule has 0 radical (unpaired) electrons. The molecule has 0 aliphatic carbocycles. The van der Waals surface area contributed by atoms with Gasteiger partial charge in [0.1, 0.15) is 5.69 Å². The fraction of sp³-hybridized carbons (Fsp3) is 0.389. The molecule has 1 fully saturated rings. The van der Waals surface area contributed by atoms with Crippen molar-refractivity contribution in [2.75, 3.05) is 13.1 Å². The number of likely N-dealkylation sites (tertiary alicyclic amines) is 1. The van der Waals surface area contributed by atoms with Crippen molar-refractivity contribution in [3.8, 4) is 11.6 Å². The molecule has 3 aromatic heterocycles. The summed E-state index contributed by atoms with van der Waals surface area (Å²) in [6, 6.07) is 1.95. The van der Waals surface area contributed by atoms with Crippen molar-refractivity contribution >= 4 is 17.2 Å². The van der Waals surface area contributed by atoms with Gasteiger partial charge >= 0.3 is 0 Å². The van der Waals surface area contributed by atoms with E-state index in [0.29, 0.717) is 30.6 Å². The number of hydrogen-bond acceptors (Lipinski definition) is 7. The Labute approximate surface area is 155 Å². The molecular formula is C18H19N5O2S. The molecule has 1 saturated heterocycles. The van der Waals surface area contributed by atoms with E-state index in [1.54, 1.807) is 12.4 Å². The maximum Gasteiger partial charge on any atom is 0.267 e. The number of carbonyl (C=O) groups excluding carboxylic acids is 1. The van der Waals surface area contributed by atoms with E-state index in [4.69, 9.17) is 4.42 Å². The van der Waals surface area contributed by atoms with Gasteiger partial charge in [0.05, 0.1) is 16.8 Å². The lowest BCUT2D eigenvalue weighted by atomic mass is 9.97. The van der Waals surface area contributed by atoms with Crippen molar-refractivity contribution in [2.24, 2.45) is 0 Å². The van der Waals surface area contributed by atoms with Crippen LogP contribution in [0.15, 0.2) is 28.3 Å². The Morgan fingerprint density at radius 3 is 2.65 bits per heavy atom. The second kappa shape index (κ2) is 6.95. The number of nitrogens with zero attached hydrogens (tertiary/aromatic N) is 5. The van der Waals surface area contributed by atoms with Crippen molar-refractivity contribution in [3.63, 3.8) is 0 Å². The molecule has 0 unspecified atom stereocenters. The molecule has 4 heterocycles. The van der Waals surface area contributed by atoms with Crippen LogP contribution in [0.3, 0.4) is 0 Å². The number of rotatable bonds is 3. The molecule has 0 spiro atoms. The van der Waals surface area contributed by atoms with Gasteiger partial charge in [0.15, 0.2) is 0 Å². The Hall–Kier alpha value is -2.61. The molecule has 26 heavy (non-hydrogen) atoms. The lowest BCUT2D eigenvalue weighted by molar-refractivity contribution is 0.0711. The number of hydrogen-bond donors (Lipinski definition) is 0. The van der Waals surface area contributed by atoms with Crippen LogP contribution < -0.4 is 0 Å². The first-order chi connectivity index (χ1) is 12.6. The summed E-state index contributed by atoms with van der Waals surface area (Å²) in [4.78, 5) is 23.7. The molecular weight excluding hydrogens is 350 g/mol. The predicted octanol–water partition coefficient (Wildman–Crippen LogP) is 3.22. The first-order valence-electron chi connectivity index (χ1n) is 8.57. The summed E-state index contributed by atoms with van der Waals surface area (Å²) in [5.74, 6) is 1.29. The van der Waals surface area contributed by atoms with Gasteiger partial charge in [-0.15, -0.1) is 21.5 Å². The molecule has 0 aromatic carbocycles. The standard InChI is InChI=1S/C18H19N5O2S/c1-11-7-15(26-10-11)18(24)23-5-3-13(4-6-23)16-21-22-17(25-16)14-9-19-12(2)8-20-14/h7-10,13H,3-6H2,1-2H3. The van der Waals surface area contributed by atoms with Gasteiger partial charge in [-0.25, -0.2) is 4.98 Å². The van der Waals surface area contributed by atoms with Gasteiger partial charge in [-0.3, -0.25) is 9.78 Å². The third-order valence-electron chi connectivity index (χ3n) is 4.51. The molecule has 8 heteroatoms. The second-order valence-corrected chi connectivity index (χ2v) is 7.45. The van der Waals surface area contributed by atoms with Crippen LogP contribution in [0.25, 0.3) is 11.6 Å². The Bertz CT molecular complexity index is 910. The van der Waals surface area contributed by atoms with Crippen LogP contribution in [0.5, 0.6) is 0 Å². The molecule has 4 rings (SSSR count). The van der Waals surface area contributed by atoms with E-state index in [1.807, 2.05) is 30.2 Å². The average molecular weight is 369 g/mol. The Balaban J connectivity index is 1.40. The van der Waals surface area contributed by atoms with Gasteiger partial charge in [0, 0.05) is 25.2 Å². The van der Waals surface area contributed by atoms with Crippen LogP contribution in [0.4, 0.5) is 0 Å². The van der Waals surface area contributed by atoms with Crippen LogP contribution >= 0.6 is 11.3 Å². The van der Waals surface area contributed by atoms with E-state index in [1.165, 1.54) is 11.3 Å². The van der Waals surface area contributed by atoms with Gasteiger partial charge in [-0.05, 0) is 43.7 Å². The second-order valence-electron chi connectivity index (χ2n) is 6.54. The van der Waals surface area contributed by atoms with Crippen molar-refractivity contribution < 1.29 is 9.21 Å². The highest BCUT2D eigenvalue weighted by Gasteiger charge is 2.28. The van der Waals surface area contributed by atoms with Crippen LogP contribution in [0.2, 0.25) is 0 Å². The van der Waals surface area contributed by atoms with Gasteiger partial charge in [0.25, 0.3) is 11.8 Å². The predicted molar refractivity (Wildman–Crippen MR) is 97.0 cm³/mol. The number of aromatic nitrogens is 4. The van der Waals surface area contributed by atoms with Gasteiger partial charge in [0.2, 0.25) is 5.89 Å². The topological polar surface area (TPSA) is 85.0 Å². The maximum atomic E-state index is 12.5. The zero-order chi connectivity index (χ0) is 18.1. The Morgan fingerprint density at radius 1 is 1.19 bits per heavy atom. The normalized spacial score (nSPS) is 15.4. The van der Waals surface area contributed by atoms with E-state index in [0.717, 1.165) is 29.0 Å². The number of carbonyl (C=O) groups is 1. The molecule has 7 nitrogen and oxygen atoms in total. The van der Waals surface area contributed by atoms with Crippen molar-refractivity contribution in [1.82, 2.24) is 25.1 Å². The zero-order valence-electron chi connectivity index (χ0n) is 14.7. The van der Waals surface area contributed by atoms with E-state index >= 15 is 0 Å². The average Bonchev–Trinajstić information content (AvgIpc) is 3.31. The molecule has 0 bridgehead atoms. The lowest BCUT2D eigenvalue weighted by Crippen LogP contribution is -2.37. The van der Waals surface area contributed by atoms with Crippen molar-refractivity contribution in [1.29, 1.82) is 0 Å². The van der Waals surface area contributed by atoms with E-state index in [9.17, 15) is 4.79 Å². The largest absolute Gasteiger partial charge is 0.419 e. The smallest absolute Gasteiger partial charge is 0.267 e. The van der Waals surface area contributed by atoms with Crippen LogP contribution in [-0.4, -0.2) is 44.1 Å². The summed E-state index contributed by atoms with van der Waals surface area (Å²) >= 11 is 1.51. The summed E-state index contributed by atoms with van der Waals surface area (Å²) in [5.41, 5.74) is 2.55. The summed E-state index contributed by atoms with van der Waals surface area (Å²) in [5, 5.41) is 10.3. The fourth-order valence-corrected chi connectivity index (χ4v) is 3.90. The minimum atomic E-state index is 0.114. The van der Waals surface area contributed by atoms with Crippen molar-refractivity contribution in [3.05, 3.63) is 45.9 Å².